The lowest BCUT2D eigenvalue weighted by molar-refractivity contribution is 0.0696. The van der Waals surface area contributed by atoms with Crippen molar-refractivity contribution in [2.75, 3.05) is 0 Å². The number of hydrogen-bond acceptors (Lipinski definition) is 3. The Balaban J connectivity index is 2.53. The summed E-state index contributed by atoms with van der Waals surface area (Å²) in [6.45, 7) is 1.67. The monoisotopic (exact) mass is 218 g/mol. The molecule has 0 unspecified atom stereocenters. The fraction of sp³-hybridized carbons (Fsp3) is 0.0909. The molecule has 1 heterocycles. The fourth-order valence-electron chi connectivity index (χ4n) is 1.50. The number of aromatic hydroxyl groups is 1. The molecule has 2 rings (SSSR count). The number of phenolic OH excluding ortho intramolecular Hbond substituents is 1. The number of aromatic carboxylic acids is 1. The second kappa shape index (κ2) is 3.69. The molecule has 5 heteroatoms. The van der Waals surface area contributed by atoms with E-state index in [-0.39, 0.29) is 11.3 Å². The molecule has 0 bridgehead atoms. The molecule has 0 spiro atoms. The van der Waals surface area contributed by atoms with E-state index in [2.05, 4.69) is 5.10 Å². The van der Waals surface area contributed by atoms with Crippen LogP contribution in [0.25, 0.3) is 5.69 Å². The summed E-state index contributed by atoms with van der Waals surface area (Å²) in [5.74, 6) is -0.895. The van der Waals surface area contributed by atoms with Gasteiger partial charge >= 0.3 is 5.97 Å². The highest BCUT2D eigenvalue weighted by Crippen LogP contribution is 2.18. The number of carboxylic acids is 1. The minimum Gasteiger partial charge on any atom is -0.508 e. The van der Waals surface area contributed by atoms with Crippen molar-refractivity contribution >= 4 is 5.97 Å². The zero-order valence-electron chi connectivity index (χ0n) is 8.58. The maximum Gasteiger partial charge on any atom is 0.339 e. The van der Waals surface area contributed by atoms with Crippen LogP contribution in [0.5, 0.6) is 5.75 Å². The normalized spacial score (nSPS) is 10.3. The van der Waals surface area contributed by atoms with Crippen molar-refractivity contribution in [1.82, 2.24) is 9.78 Å². The smallest absolute Gasteiger partial charge is 0.339 e. The average Bonchev–Trinajstić information content (AvgIpc) is 2.60. The molecule has 0 radical (unpaired) electrons. The van der Waals surface area contributed by atoms with E-state index in [9.17, 15) is 9.90 Å². The zero-order valence-corrected chi connectivity index (χ0v) is 8.58. The minimum absolute atomic E-state index is 0.115. The predicted molar refractivity (Wildman–Crippen MR) is 56.9 cm³/mol. The molecule has 16 heavy (non-hydrogen) atoms. The van der Waals surface area contributed by atoms with Crippen molar-refractivity contribution in [2.45, 2.75) is 6.92 Å². The van der Waals surface area contributed by atoms with Gasteiger partial charge in [0.15, 0.2) is 0 Å². The first kappa shape index (κ1) is 10.2. The second-order valence-electron chi connectivity index (χ2n) is 3.38. The van der Waals surface area contributed by atoms with E-state index in [1.54, 1.807) is 25.1 Å². The molecule has 1 aromatic heterocycles. The Morgan fingerprint density at radius 3 is 2.75 bits per heavy atom. The minimum atomic E-state index is -1.01. The van der Waals surface area contributed by atoms with E-state index in [1.165, 1.54) is 16.9 Å². The van der Waals surface area contributed by atoms with Gasteiger partial charge in [-0.25, -0.2) is 9.48 Å². The number of nitrogens with zero attached hydrogens (tertiary/aromatic N) is 2. The molecule has 2 aromatic rings. The van der Waals surface area contributed by atoms with Gasteiger partial charge in [0, 0.05) is 6.07 Å². The third-order valence-corrected chi connectivity index (χ3v) is 2.31. The summed E-state index contributed by atoms with van der Waals surface area (Å²) in [7, 11) is 0. The average molecular weight is 218 g/mol. The summed E-state index contributed by atoms with van der Waals surface area (Å²) >= 11 is 0. The molecule has 0 saturated heterocycles. The first-order valence-electron chi connectivity index (χ1n) is 4.67. The van der Waals surface area contributed by atoms with Crippen molar-refractivity contribution in [2.24, 2.45) is 0 Å². The summed E-state index contributed by atoms with van der Waals surface area (Å²) in [4.78, 5) is 10.8. The number of rotatable bonds is 2. The second-order valence-corrected chi connectivity index (χ2v) is 3.38. The molecular weight excluding hydrogens is 208 g/mol. The van der Waals surface area contributed by atoms with Gasteiger partial charge in [-0.15, -0.1) is 0 Å². The van der Waals surface area contributed by atoms with Crippen LogP contribution in [0.4, 0.5) is 0 Å². The summed E-state index contributed by atoms with van der Waals surface area (Å²) in [6, 6.07) is 6.48. The highest BCUT2D eigenvalue weighted by molar-refractivity contribution is 5.88. The van der Waals surface area contributed by atoms with Crippen LogP contribution in [0, 0.1) is 6.92 Å². The van der Waals surface area contributed by atoms with E-state index >= 15 is 0 Å². The standard InChI is InChI=1S/C11H10N2O3/c1-7-10(11(15)16)6-12-13(7)8-3-2-4-9(14)5-8/h2-6,14H,1H3,(H,15,16). The third kappa shape index (κ3) is 1.63. The van der Waals surface area contributed by atoms with Gasteiger partial charge in [-0.05, 0) is 19.1 Å². The molecule has 0 fully saturated rings. The molecule has 0 aliphatic heterocycles. The quantitative estimate of drug-likeness (QED) is 0.802. The molecule has 0 aliphatic rings. The highest BCUT2D eigenvalue weighted by Gasteiger charge is 2.13. The molecule has 0 atom stereocenters. The van der Waals surface area contributed by atoms with Gasteiger partial charge in [0.1, 0.15) is 11.3 Å². The first-order valence-corrected chi connectivity index (χ1v) is 4.67. The van der Waals surface area contributed by atoms with Crippen LogP contribution in [0.1, 0.15) is 16.1 Å². The van der Waals surface area contributed by atoms with E-state index in [0.29, 0.717) is 11.4 Å². The molecule has 82 valence electrons. The van der Waals surface area contributed by atoms with E-state index in [0.717, 1.165) is 0 Å². The Bertz CT molecular complexity index is 546. The lowest BCUT2D eigenvalue weighted by Gasteiger charge is -2.04. The first-order chi connectivity index (χ1) is 7.59. The van der Waals surface area contributed by atoms with Crippen molar-refractivity contribution < 1.29 is 15.0 Å². The molecular formula is C11H10N2O3. The molecule has 0 saturated carbocycles. The van der Waals surface area contributed by atoms with Crippen LogP contribution >= 0.6 is 0 Å². The van der Waals surface area contributed by atoms with Gasteiger partial charge in [-0.2, -0.15) is 5.10 Å². The van der Waals surface area contributed by atoms with Gasteiger partial charge in [-0.1, -0.05) is 6.07 Å². The van der Waals surface area contributed by atoms with Gasteiger partial charge in [0.2, 0.25) is 0 Å². The summed E-state index contributed by atoms with van der Waals surface area (Å²) in [6.07, 6.45) is 1.29. The van der Waals surface area contributed by atoms with Crippen molar-refractivity contribution in [1.29, 1.82) is 0 Å². The van der Waals surface area contributed by atoms with Crippen LogP contribution in [-0.4, -0.2) is 26.0 Å². The number of hydrogen-bond donors (Lipinski definition) is 2. The Morgan fingerprint density at radius 2 is 2.19 bits per heavy atom. The van der Waals surface area contributed by atoms with Crippen molar-refractivity contribution in [3.63, 3.8) is 0 Å². The van der Waals surface area contributed by atoms with Crippen molar-refractivity contribution in [3.05, 3.63) is 41.7 Å². The molecule has 2 N–H and O–H groups in total. The number of aromatic nitrogens is 2. The van der Waals surface area contributed by atoms with Crippen LogP contribution in [-0.2, 0) is 0 Å². The van der Waals surface area contributed by atoms with Crippen LogP contribution in [0.3, 0.4) is 0 Å². The van der Waals surface area contributed by atoms with Gasteiger partial charge in [0.05, 0.1) is 17.6 Å². The molecule has 1 aromatic carbocycles. The van der Waals surface area contributed by atoms with Crippen molar-refractivity contribution in [3.8, 4) is 11.4 Å². The zero-order chi connectivity index (χ0) is 11.7. The number of carbonyl (C=O) groups is 1. The Hall–Kier alpha value is -2.30. The Labute approximate surface area is 91.6 Å². The lowest BCUT2D eigenvalue weighted by atomic mass is 10.2. The Morgan fingerprint density at radius 1 is 1.44 bits per heavy atom. The Kier molecular flexibility index (Phi) is 2.36. The summed E-state index contributed by atoms with van der Waals surface area (Å²) in [5.41, 5.74) is 1.31. The SMILES string of the molecule is Cc1c(C(=O)O)cnn1-c1cccc(O)c1. The number of benzene rings is 1. The van der Waals surface area contributed by atoms with E-state index in [1.807, 2.05) is 0 Å². The maximum atomic E-state index is 10.8. The lowest BCUT2D eigenvalue weighted by Crippen LogP contribution is -2.02. The largest absolute Gasteiger partial charge is 0.508 e. The van der Waals surface area contributed by atoms with Crippen LogP contribution in [0.2, 0.25) is 0 Å². The van der Waals surface area contributed by atoms with E-state index in [4.69, 9.17) is 5.11 Å². The molecule has 0 amide bonds. The number of carboxylic acid groups (broad SMARTS) is 1. The fourth-order valence-corrected chi connectivity index (χ4v) is 1.50. The van der Waals surface area contributed by atoms with Gasteiger partial charge < -0.3 is 10.2 Å². The highest BCUT2D eigenvalue weighted by atomic mass is 16.4. The molecule has 5 nitrogen and oxygen atoms in total. The predicted octanol–water partition coefficient (Wildman–Crippen LogP) is 1.58. The van der Waals surface area contributed by atoms with Gasteiger partial charge in [-0.3, -0.25) is 0 Å². The van der Waals surface area contributed by atoms with Crippen LogP contribution < -0.4 is 0 Å². The third-order valence-electron chi connectivity index (χ3n) is 2.31. The van der Waals surface area contributed by atoms with E-state index < -0.39 is 5.97 Å². The molecule has 0 aliphatic carbocycles. The van der Waals surface area contributed by atoms with Crippen LogP contribution in [0.15, 0.2) is 30.5 Å². The maximum absolute atomic E-state index is 10.8. The summed E-state index contributed by atoms with van der Waals surface area (Å²) in [5, 5.41) is 22.2. The summed E-state index contributed by atoms with van der Waals surface area (Å²) < 4.78 is 1.48. The number of phenols is 1. The van der Waals surface area contributed by atoms with Gasteiger partial charge in [0.25, 0.3) is 0 Å². The topological polar surface area (TPSA) is 75.3 Å².